The van der Waals surface area contributed by atoms with Gasteiger partial charge >= 0.3 is 0 Å². The zero-order valence-electron chi connectivity index (χ0n) is 10.3. The maximum absolute atomic E-state index is 6.13. The molecule has 0 amide bonds. The summed E-state index contributed by atoms with van der Waals surface area (Å²) in [6.45, 7) is 0.941. The number of aromatic nitrogens is 1. The summed E-state index contributed by atoms with van der Waals surface area (Å²) in [5.41, 5.74) is 7.45. The van der Waals surface area contributed by atoms with Crippen molar-refractivity contribution in [1.29, 1.82) is 0 Å². The molecular formula is C14H22N2O. The second kappa shape index (κ2) is 6.72. The average molecular weight is 234 g/mol. The second-order valence-electron chi connectivity index (χ2n) is 4.87. The van der Waals surface area contributed by atoms with Crippen molar-refractivity contribution in [2.75, 3.05) is 6.61 Å². The number of pyridine rings is 1. The molecule has 1 aliphatic heterocycles. The number of ether oxygens (including phenoxy) is 1. The van der Waals surface area contributed by atoms with Gasteiger partial charge in [0.25, 0.3) is 0 Å². The molecule has 3 heteroatoms. The molecule has 1 aromatic heterocycles. The van der Waals surface area contributed by atoms with Crippen LogP contribution < -0.4 is 5.73 Å². The highest BCUT2D eigenvalue weighted by Gasteiger charge is 2.16. The van der Waals surface area contributed by atoms with Crippen LogP contribution in [-0.2, 0) is 11.2 Å². The lowest BCUT2D eigenvalue weighted by molar-refractivity contribution is 0.100. The summed E-state index contributed by atoms with van der Waals surface area (Å²) in [6, 6.07) is 4.42. The van der Waals surface area contributed by atoms with Crippen molar-refractivity contribution < 1.29 is 4.74 Å². The Bertz CT molecular complexity index is 309. The third-order valence-electron chi connectivity index (χ3n) is 3.44. The zero-order valence-corrected chi connectivity index (χ0v) is 10.3. The van der Waals surface area contributed by atoms with Gasteiger partial charge in [-0.05, 0) is 56.2 Å². The highest BCUT2D eigenvalue weighted by Crippen LogP contribution is 2.18. The molecule has 1 saturated heterocycles. The molecule has 17 heavy (non-hydrogen) atoms. The van der Waals surface area contributed by atoms with Crippen LogP contribution in [0.2, 0.25) is 0 Å². The zero-order chi connectivity index (χ0) is 11.9. The number of hydrogen-bond donors (Lipinski definition) is 1. The minimum Gasteiger partial charge on any atom is -0.378 e. The molecule has 1 aliphatic rings. The Kier molecular flexibility index (Phi) is 4.95. The third-order valence-corrected chi connectivity index (χ3v) is 3.44. The molecule has 0 saturated carbocycles. The molecule has 2 rings (SSSR count). The minimum absolute atomic E-state index is 0.298. The van der Waals surface area contributed by atoms with Crippen molar-refractivity contribution in [1.82, 2.24) is 4.98 Å². The SMILES string of the molecule is NC(CCc1ccncc1)CCC1CCCO1. The van der Waals surface area contributed by atoms with Crippen LogP contribution in [0.1, 0.15) is 37.7 Å². The summed E-state index contributed by atoms with van der Waals surface area (Å²) in [5, 5.41) is 0. The van der Waals surface area contributed by atoms with E-state index in [0.717, 1.165) is 32.3 Å². The predicted octanol–water partition coefficient (Wildman–Crippen LogP) is 2.30. The molecule has 2 unspecified atom stereocenters. The lowest BCUT2D eigenvalue weighted by Crippen LogP contribution is -2.22. The Morgan fingerprint density at radius 3 is 2.88 bits per heavy atom. The molecule has 0 spiro atoms. The molecule has 2 atom stereocenters. The quantitative estimate of drug-likeness (QED) is 0.821. The molecular weight excluding hydrogens is 212 g/mol. The molecule has 0 bridgehead atoms. The summed E-state index contributed by atoms with van der Waals surface area (Å²) < 4.78 is 5.60. The fourth-order valence-corrected chi connectivity index (χ4v) is 2.32. The largest absolute Gasteiger partial charge is 0.378 e. The van der Waals surface area contributed by atoms with E-state index < -0.39 is 0 Å². The Labute approximate surface area is 103 Å². The summed E-state index contributed by atoms with van der Waals surface area (Å²) >= 11 is 0. The van der Waals surface area contributed by atoms with E-state index in [-0.39, 0.29) is 0 Å². The molecule has 0 radical (unpaired) electrons. The Balaban J connectivity index is 1.62. The first-order valence-electron chi connectivity index (χ1n) is 6.60. The van der Waals surface area contributed by atoms with E-state index in [0.29, 0.717) is 12.1 Å². The van der Waals surface area contributed by atoms with Crippen molar-refractivity contribution in [2.45, 2.75) is 50.7 Å². The highest BCUT2D eigenvalue weighted by molar-refractivity contribution is 5.09. The van der Waals surface area contributed by atoms with Crippen LogP contribution >= 0.6 is 0 Å². The minimum atomic E-state index is 0.298. The second-order valence-corrected chi connectivity index (χ2v) is 4.87. The van der Waals surface area contributed by atoms with Gasteiger partial charge in [-0.1, -0.05) is 0 Å². The van der Waals surface area contributed by atoms with Crippen LogP contribution in [0.15, 0.2) is 24.5 Å². The van der Waals surface area contributed by atoms with Gasteiger partial charge < -0.3 is 10.5 Å². The van der Waals surface area contributed by atoms with Gasteiger partial charge in [-0.2, -0.15) is 0 Å². The topological polar surface area (TPSA) is 48.1 Å². The lowest BCUT2D eigenvalue weighted by atomic mass is 10.0. The first kappa shape index (κ1) is 12.5. The average Bonchev–Trinajstić information content (AvgIpc) is 2.88. The smallest absolute Gasteiger partial charge is 0.0576 e. The van der Waals surface area contributed by atoms with E-state index in [1.807, 2.05) is 12.4 Å². The first-order valence-corrected chi connectivity index (χ1v) is 6.60. The molecule has 2 N–H and O–H groups in total. The Morgan fingerprint density at radius 1 is 1.35 bits per heavy atom. The van der Waals surface area contributed by atoms with Gasteiger partial charge in [-0.3, -0.25) is 4.98 Å². The van der Waals surface area contributed by atoms with Gasteiger partial charge in [0.1, 0.15) is 0 Å². The number of rotatable bonds is 6. The summed E-state index contributed by atoms with van der Waals surface area (Å²) in [7, 11) is 0. The molecule has 0 aliphatic carbocycles. The highest BCUT2D eigenvalue weighted by atomic mass is 16.5. The van der Waals surface area contributed by atoms with Crippen LogP contribution in [0.3, 0.4) is 0 Å². The van der Waals surface area contributed by atoms with Crippen LogP contribution in [0.5, 0.6) is 0 Å². The standard InChI is InChI=1S/C14H22N2O/c15-13(5-6-14-2-1-11-17-14)4-3-12-7-9-16-10-8-12/h7-10,13-14H,1-6,11,15H2. The van der Waals surface area contributed by atoms with Crippen LogP contribution in [0, 0.1) is 0 Å². The van der Waals surface area contributed by atoms with Crippen molar-refractivity contribution >= 4 is 0 Å². The Morgan fingerprint density at radius 2 is 2.18 bits per heavy atom. The van der Waals surface area contributed by atoms with Gasteiger partial charge in [0.2, 0.25) is 0 Å². The van der Waals surface area contributed by atoms with Gasteiger partial charge in [0.05, 0.1) is 6.10 Å². The van der Waals surface area contributed by atoms with Crippen LogP contribution in [0.4, 0.5) is 0 Å². The van der Waals surface area contributed by atoms with Crippen LogP contribution in [0.25, 0.3) is 0 Å². The molecule has 3 nitrogen and oxygen atoms in total. The van der Waals surface area contributed by atoms with Gasteiger partial charge in [-0.25, -0.2) is 0 Å². The summed E-state index contributed by atoms with van der Waals surface area (Å²) in [4.78, 5) is 4.01. The normalized spacial score (nSPS) is 21.6. The monoisotopic (exact) mass is 234 g/mol. The fraction of sp³-hybridized carbons (Fsp3) is 0.643. The van der Waals surface area contributed by atoms with E-state index in [9.17, 15) is 0 Å². The van der Waals surface area contributed by atoms with Crippen molar-refractivity contribution in [2.24, 2.45) is 5.73 Å². The molecule has 1 aromatic rings. The first-order chi connectivity index (χ1) is 8.34. The number of nitrogens with zero attached hydrogens (tertiary/aromatic N) is 1. The van der Waals surface area contributed by atoms with E-state index in [2.05, 4.69) is 17.1 Å². The van der Waals surface area contributed by atoms with Gasteiger partial charge in [-0.15, -0.1) is 0 Å². The van der Waals surface area contributed by atoms with E-state index >= 15 is 0 Å². The Hall–Kier alpha value is -0.930. The summed E-state index contributed by atoms with van der Waals surface area (Å²) in [6.07, 6.45) is 10.9. The van der Waals surface area contributed by atoms with Crippen molar-refractivity contribution in [3.05, 3.63) is 30.1 Å². The molecule has 0 aromatic carbocycles. The van der Waals surface area contributed by atoms with Gasteiger partial charge in [0.15, 0.2) is 0 Å². The number of aryl methyl sites for hydroxylation is 1. The lowest BCUT2D eigenvalue weighted by Gasteiger charge is -2.14. The van der Waals surface area contributed by atoms with E-state index in [1.165, 1.54) is 18.4 Å². The summed E-state index contributed by atoms with van der Waals surface area (Å²) in [5.74, 6) is 0. The maximum Gasteiger partial charge on any atom is 0.0576 e. The molecule has 94 valence electrons. The number of hydrogen-bond acceptors (Lipinski definition) is 3. The van der Waals surface area contributed by atoms with Crippen molar-refractivity contribution in [3.8, 4) is 0 Å². The predicted molar refractivity (Wildman–Crippen MR) is 68.7 cm³/mol. The van der Waals surface area contributed by atoms with E-state index in [4.69, 9.17) is 10.5 Å². The third kappa shape index (κ3) is 4.44. The van der Waals surface area contributed by atoms with Gasteiger partial charge in [0, 0.05) is 25.0 Å². The van der Waals surface area contributed by atoms with Crippen LogP contribution in [-0.4, -0.2) is 23.7 Å². The molecule has 2 heterocycles. The maximum atomic E-state index is 6.13. The van der Waals surface area contributed by atoms with Crippen molar-refractivity contribution in [3.63, 3.8) is 0 Å². The number of nitrogens with two attached hydrogens (primary N) is 1. The molecule has 1 fully saturated rings. The fourth-order valence-electron chi connectivity index (χ4n) is 2.32. The van der Waals surface area contributed by atoms with E-state index in [1.54, 1.807) is 0 Å².